The number of likely N-dealkylation sites (N-methyl/N-ethyl adjacent to an activating group) is 1. The minimum Gasteiger partial charge on any atom is -0.354 e. The van der Waals surface area contributed by atoms with E-state index in [0.29, 0.717) is 0 Å². The van der Waals surface area contributed by atoms with Gasteiger partial charge < -0.3 is 15.1 Å². The van der Waals surface area contributed by atoms with Crippen LogP contribution in [0.15, 0.2) is 18.3 Å². The van der Waals surface area contributed by atoms with E-state index in [-0.39, 0.29) is 11.8 Å². The molecule has 1 aromatic heterocycles. The third-order valence-corrected chi connectivity index (χ3v) is 4.57. The van der Waals surface area contributed by atoms with E-state index in [2.05, 4.69) is 27.1 Å². The molecule has 2 fully saturated rings. The highest BCUT2D eigenvalue weighted by molar-refractivity contribution is 5.92. The lowest BCUT2D eigenvalue weighted by molar-refractivity contribution is -0.119. The molecule has 114 valence electrons. The van der Waals surface area contributed by atoms with Crippen LogP contribution in [0.2, 0.25) is 0 Å². The summed E-state index contributed by atoms with van der Waals surface area (Å²) in [6.45, 7) is 4.16. The Balaban J connectivity index is 1.57. The Morgan fingerprint density at radius 3 is 2.52 bits per heavy atom. The van der Waals surface area contributed by atoms with Crippen molar-refractivity contribution in [3.63, 3.8) is 0 Å². The zero-order valence-electron chi connectivity index (χ0n) is 12.7. The van der Waals surface area contributed by atoms with E-state index in [1.165, 1.54) is 12.8 Å². The number of carbonyl (C=O) groups excluding carboxylic acids is 1. The fourth-order valence-corrected chi connectivity index (χ4v) is 3.11. The van der Waals surface area contributed by atoms with Crippen LogP contribution >= 0.6 is 0 Å². The molecule has 1 amide bonds. The number of anilines is 2. The molecule has 0 spiro atoms. The molecular weight excluding hydrogens is 264 g/mol. The Bertz CT molecular complexity index is 474. The number of rotatable bonds is 3. The lowest BCUT2D eigenvalue weighted by atomic mass is 10.1. The summed E-state index contributed by atoms with van der Waals surface area (Å²) >= 11 is 0. The molecule has 21 heavy (non-hydrogen) atoms. The standard InChI is InChI=1S/C16H24N4O/c1-19-8-10-20(11-9-19)15-7-6-14(12-17-15)18-16(21)13-4-2-3-5-13/h6-7,12-13H,2-5,8-11H2,1H3,(H,18,21). The number of amides is 1. The summed E-state index contributed by atoms with van der Waals surface area (Å²) in [6.07, 6.45) is 6.19. The first-order valence-electron chi connectivity index (χ1n) is 7.93. The maximum absolute atomic E-state index is 12.1. The fourth-order valence-electron chi connectivity index (χ4n) is 3.11. The van der Waals surface area contributed by atoms with Gasteiger partial charge in [0.1, 0.15) is 5.82 Å². The summed E-state index contributed by atoms with van der Waals surface area (Å²) in [5, 5.41) is 2.99. The number of nitrogens with one attached hydrogen (secondary N) is 1. The number of aromatic nitrogens is 1. The topological polar surface area (TPSA) is 48.5 Å². The molecule has 2 aliphatic rings. The molecule has 0 aromatic carbocycles. The van der Waals surface area contributed by atoms with Crippen LogP contribution in [-0.4, -0.2) is 49.0 Å². The normalized spacial score (nSPS) is 20.7. The van der Waals surface area contributed by atoms with Crippen molar-refractivity contribution in [2.75, 3.05) is 43.4 Å². The molecule has 0 bridgehead atoms. The highest BCUT2D eigenvalue weighted by Gasteiger charge is 2.22. The first-order chi connectivity index (χ1) is 10.2. The highest BCUT2D eigenvalue weighted by atomic mass is 16.1. The fraction of sp³-hybridized carbons (Fsp3) is 0.625. The molecule has 0 atom stereocenters. The summed E-state index contributed by atoms with van der Waals surface area (Å²) < 4.78 is 0. The van der Waals surface area contributed by atoms with Crippen molar-refractivity contribution in [1.82, 2.24) is 9.88 Å². The lowest BCUT2D eigenvalue weighted by Gasteiger charge is -2.33. The average molecular weight is 288 g/mol. The molecule has 0 unspecified atom stereocenters. The number of nitrogens with zero attached hydrogens (tertiary/aromatic N) is 3. The molecule has 1 saturated heterocycles. The smallest absolute Gasteiger partial charge is 0.227 e. The van der Waals surface area contributed by atoms with E-state index in [9.17, 15) is 4.79 Å². The van der Waals surface area contributed by atoms with Gasteiger partial charge in [-0.1, -0.05) is 12.8 Å². The molecule has 1 aromatic rings. The summed E-state index contributed by atoms with van der Waals surface area (Å²) in [6, 6.07) is 3.98. The van der Waals surface area contributed by atoms with Gasteiger partial charge in [-0.2, -0.15) is 0 Å². The van der Waals surface area contributed by atoms with Gasteiger partial charge in [0.05, 0.1) is 11.9 Å². The maximum Gasteiger partial charge on any atom is 0.227 e. The number of carbonyl (C=O) groups is 1. The van der Waals surface area contributed by atoms with Crippen molar-refractivity contribution in [2.45, 2.75) is 25.7 Å². The molecule has 1 N–H and O–H groups in total. The Hall–Kier alpha value is -1.62. The van der Waals surface area contributed by atoms with Gasteiger partial charge in [0.15, 0.2) is 0 Å². The van der Waals surface area contributed by atoms with Crippen molar-refractivity contribution >= 4 is 17.4 Å². The Morgan fingerprint density at radius 1 is 1.19 bits per heavy atom. The van der Waals surface area contributed by atoms with Crippen LogP contribution in [0.25, 0.3) is 0 Å². The van der Waals surface area contributed by atoms with Crippen molar-refractivity contribution in [3.8, 4) is 0 Å². The van der Waals surface area contributed by atoms with Crippen molar-refractivity contribution < 1.29 is 4.79 Å². The number of pyridine rings is 1. The SMILES string of the molecule is CN1CCN(c2ccc(NC(=O)C3CCCC3)cn2)CC1. The largest absolute Gasteiger partial charge is 0.354 e. The van der Waals surface area contributed by atoms with Gasteiger partial charge >= 0.3 is 0 Å². The molecule has 1 saturated carbocycles. The average Bonchev–Trinajstić information content (AvgIpc) is 3.03. The molecule has 1 aliphatic heterocycles. The van der Waals surface area contributed by atoms with Crippen LogP contribution in [0.3, 0.4) is 0 Å². The van der Waals surface area contributed by atoms with Crippen LogP contribution in [0.4, 0.5) is 11.5 Å². The van der Waals surface area contributed by atoms with Gasteiger partial charge in [0, 0.05) is 32.1 Å². The lowest BCUT2D eigenvalue weighted by Crippen LogP contribution is -2.44. The van der Waals surface area contributed by atoms with E-state index in [1.807, 2.05) is 12.1 Å². The van der Waals surface area contributed by atoms with Crippen LogP contribution in [-0.2, 0) is 4.79 Å². The summed E-state index contributed by atoms with van der Waals surface area (Å²) in [5.74, 6) is 1.35. The zero-order chi connectivity index (χ0) is 14.7. The van der Waals surface area contributed by atoms with E-state index in [4.69, 9.17) is 0 Å². The summed E-state index contributed by atoms with van der Waals surface area (Å²) in [4.78, 5) is 21.2. The second-order valence-corrected chi connectivity index (χ2v) is 6.17. The van der Waals surface area contributed by atoms with Crippen molar-refractivity contribution in [1.29, 1.82) is 0 Å². The van der Waals surface area contributed by atoms with Gasteiger partial charge in [-0.25, -0.2) is 4.98 Å². The first-order valence-corrected chi connectivity index (χ1v) is 7.93. The Labute approximate surface area is 126 Å². The van der Waals surface area contributed by atoms with Gasteiger partial charge in [0.25, 0.3) is 0 Å². The van der Waals surface area contributed by atoms with E-state index >= 15 is 0 Å². The molecule has 1 aliphatic carbocycles. The number of hydrogen-bond acceptors (Lipinski definition) is 4. The monoisotopic (exact) mass is 288 g/mol. The first kappa shape index (κ1) is 14.3. The molecule has 5 nitrogen and oxygen atoms in total. The molecule has 3 rings (SSSR count). The van der Waals surface area contributed by atoms with E-state index in [1.54, 1.807) is 6.20 Å². The second-order valence-electron chi connectivity index (χ2n) is 6.17. The Morgan fingerprint density at radius 2 is 1.90 bits per heavy atom. The van der Waals surface area contributed by atoms with Crippen LogP contribution in [0, 0.1) is 5.92 Å². The minimum atomic E-state index is 0.154. The molecule has 0 radical (unpaired) electrons. The Kier molecular flexibility index (Phi) is 4.39. The predicted octanol–water partition coefficient (Wildman–Crippen LogP) is 1.96. The summed E-state index contributed by atoms with van der Waals surface area (Å²) in [7, 11) is 2.15. The quantitative estimate of drug-likeness (QED) is 0.924. The number of piperazine rings is 1. The number of hydrogen-bond donors (Lipinski definition) is 1. The van der Waals surface area contributed by atoms with Crippen molar-refractivity contribution in [2.24, 2.45) is 5.92 Å². The van der Waals surface area contributed by atoms with Gasteiger partial charge in [-0.15, -0.1) is 0 Å². The minimum absolute atomic E-state index is 0.154. The van der Waals surface area contributed by atoms with Gasteiger partial charge in [0.2, 0.25) is 5.91 Å². The van der Waals surface area contributed by atoms with E-state index < -0.39 is 0 Å². The maximum atomic E-state index is 12.1. The molecule has 2 heterocycles. The highest BCUT2D eigenvalue weighted by Crippen LogP contribution is 2.26. The van der Waals surface area contributed by atoms with E-state index in [0.717, 1.165) is 50.5 Å². The van der Waals surface area contributed by atoms with Gasteiger partial charge in [-0.05, 0) is 32.0 Å². The zero-order valence-corrected chi connectivity index (χ0v) is 12.7. The van der Waals surface area contributed by atoms with Crippen LogP contribution < -0.4 is 10.2 Å². The molecule has 5 heteroatoms. The second kappa shape index (κ2) is 6.43. The predicted molar refractivity (Wildman–Crippen MR) is 84.5 cm³/mol. The third kappa shape index (κ3) is 3.53. The van der Waals surface area contributed by atoms with Gasteiger partial charge in [-0.3, -0.25) is 4.79 Å². The van der Waals surface area contributed by atoms with Crippen molar-refractivity contribution in [3.05, 3.63) is 18.3 Å². The van der Waals surface area contributed by atoms with Crippen LogP contribution in [0.1, 0.15) is 25.7 Å². The third-order valence-electron chi connectivity index (χ3n) is 4.57. The molecular formula is C16H24N4O. The van der Waals surface area contributed by atoms with Crippen LogP contribution in [0.5, 0.6) is 0 Å². The summed E-state index contributed by atoms with van der Waals surface area (Å²) in [5.41, 5.74) is 0.810.